The van der Waals surface area contributed by atoms with Gasteiger partial charge in [0, 0.05) is 11.8 Å². The molecule has 2 aromatic rings. The van der Waals surface area contributed by atoms with Gasteiger partial charge in [0.05, 0.1) is 30.0 Å². The smallest absolute Gasteiger partial charge is 0.421 e. The number of imide groups is 1. The molecule has 0 spiro atoms. The molecule has 28 heavy (non-hydrogen) atoms. The number of hydrogen-bond acceptors (Lipinski definition) is 5. The second-order valence-corrected chi connectivity index (χ2v) is 6.04. The zero-order valence-corrected chi connectivity index (χ0v) is 14.8. The maximum atomic E-state index is 13.3. The molecular weight excluding hydrogens is 377 g/mol. The van der Waals surface area contributed by atoms with Gasteiger partial charge in [-0.05, 0) is 31.2 Å². The molecule has 2 heterocycles. The van der Waals surface area contributed by atoms with Crippen LogP contribution in [0.2, 0.25) is 0 Å². The summed E-state index contributed by atoms with van der Waals surface area (Å²) >= 11 is 0. The number of nitrogens with zero attached hydrogens (tertiary/aromatic N) is 2. The number of alkyl halides is 3. The van der Waals surface area contributed by atoms with E-state index in [-0.39, 0.29) is 22.4 Å². The minimum atomic E-state index is -4.74. The van der Waals surface area contributed by atoms with Crippen LogP contribution in [0.5, 0.6) is 5.88 Å². The van der Waals surface area contributed by atoms with Crippen molar-refractivity contribution in [1.29, 1.82) is 0 Å². The molecule has 0 saturated carbocycles. The normalized spacial score (nSPS) is 15.3. The molecule has 146 valence electrons. The maximum absolute atomic E-state index is 13.3. The van der Waals surface area contributed by atoms with Crippen LogP contribution in [0.3, 0.4) is 0 Å². The van der Waals surface area contributed by atoms with E-state index in [1.165, 1.54) is 19.1 Å². The molecule has 1 aliphatic heterocycles. The van der Waals surface area contributed by atoms with E-state index in [9.17, 15) is 27.9 Å². The molecule has 1 aliphatic rings. The zero-order valence-electron chi connectivity index (χ0n) is 14.8. The maximum Gasteiger partial charge on any atom is 0.421 e. The van der Waals surface area contributed by atoms with Crippen LogP contribution in [0.15, 0.2) is 36.5 Å². The number of hydrogen-bond donors (Lipinski definition) is 1. The van der Waals surface area contributed by atoms with Gasteiger partial charge in [-0.1, -0.05) is 12.1 Å². The first-order valence-corrected chi connectivity index (χ1v) is 8.14. The minimum Gasteiger partial charge on any atom is -0.481 e. The highest BCUT2D eigenvalue weighted by Gasteiger charge is 2.37. The highest BCUT2D eigenvalue weighted by atomic mass is 19.4. The van der Waals surface area contributed by atoms with E-state index < -0.39 is 35.5 Å². The number of methoxy groups -OCH3 is 1. The molecule has 0 fully saturated rings. The Bertz CT molecular complexity index is 949. The van der Waals surface area contributed by atoms with Gasteiger partial charge in [0.15, 0.2) is 0 Å². The van der Waals surface area contributed by atoms with Gasteiger partial charge in [-0.3, -0.25) is 9.59 Å². The summed E-state index contributed by atoms with van der Waals surface area (Å²) in [5, 5.41) is 9.88. The Labute approximate surface area is 157 Å². The SMILES string of the molecule is COc1nc([C@@H](C)O)c(C=CN2C(=O)c3ccccc3C2=O)cc1C(F)(F)F. The Hall–Kier alpha value is -3.20. The highest BCUT2D eigenvalue weighted by molar-refractivity contribution is 6.22. The molecule has 6 nitrogen and oxygen atoms in total. The molecule has 3 rings (SSSR count). The number of pyridine rings is 1. The summed E-state index contributed by atoms with van der Waals surface area (Å²) < 4.78 is 44.5. The number of aromatic nitrogens is 1. The van der Waals surface area contributed by atoms with Crippen molar-refractivity contribution in [1.82, 2.24) is 9.88 Å². The Morgan fingerprint density at radius 2 is 1.75 bits per heavy atom. The summed E-state index contributed by atoms with van der Waals surface area (Å²) in [6, 6.07) is 6.93. The first-order valence-electron chi connectivity index (χ1n) is 8.14. The predicted octanol–water partition coefficient (Wildman–Crippen LogP) is 3.43. The second kappa shape index (κ2) is 7.08. The van der Waals surface area contributed by atoms with Crippen molar-refractivity contribution in [2.24, 2.45) is 0 Å². The largest absolute Gasteiger partial charge is 0.481 e. The number of ether oxygens (including phenoxy) is 1. The van der Waals surface area contributed by atoms with Crippen LogP contribution >= 0.6 is 0 Å². The van der Waals surface area contributed by atoms with Crippen molar-refractivity contribution >= 4 is 17.9 Å². The molecule has 0 unspecified atom stereocenters. The molecule has 0 bridgehead atoms. The Morgan fingerprint density at radius 1 is 1.18 bits per heavy atom. The average molecular weight is 392 g/mol. The summed E-state index contributed by atoms with van der Waals surface area (Å²) in [6.45, 7) is 1.33. The van der Waals surface area contributed by atoms with E-state index in [2.05, 4.69) is 9.72 Å². The number of amides is 2. The lowest BCUT2D eigenvalue weighted by molar-refractivity contribution is -0.139. The summed E-state index contributed by atoms with van der Waals surface area (Å²) in [7, 11) is 1.04. The molecule has 0 saturated heterocycles. The van der Waals surface area contributed by atoms with Crippen molar-refractivity contribution in [3.63, 3.8) is 0 Å². The molecule has 1 atom stereocenters. The zero-order chi connectivity index (χ0) is 20.6. The Kier molecular flexibility index (Phi) is 4.95. The van der Waals surface area contributed by atoms with Crippen LogP contribution in [0.4, 0.5) is 13.2 Å². The van der Waals surface area contributed by atoms with Gasteiger partial charge in [0.25, 0.3) is 11.8 Å². The lowest BCUT2D eigenvalue weighted by Gasteiger charge is -2.16. The van der Waals surface area contributed by atoms with E-state index in [0.717, 1.165) is 30.4 Å². The summed E-state index contributed by atoms with van der Waals surface area (Å²) in [4.78, 5) is 29.3. The van der Waals surface area contributed by atoms with E-state index in [4.69, 9.17) is 0 Å². The van der Waals surface area contributed by atoms with Crippen LogP contribution < -0.4 is 4.74 Å². The Balaban J connectivity index is 2.04. The Morgan fingerprint density at radius 3 is 2.21 bits per heavy atom. The third-order valence-electron chi connectivity index (χ3n) is 4.17. The summed E-state index contributed by atoms with van der Waals surface area (Å²) in [5.74, 6) is -1.86. The van der Waals surface area contributed by atoms with Crippen molar-refractivity contribution < 1.29 is 32.6 Å². The number of benzene rings is 1. The second-order valence-electron chi connectivity index (χ2n) is 6.04. The number of carbonyl (C=O) groups excluding carboxylic acids is 2. The number of carbonyl (C=O) groups is 2. The number of fused-ring (bicyclic) bond motifs is 1. The van der Waals surface area contributed by atoms with Gasteiger partial charge in [0.1, 0.15) is 5.56 Å². The monoisotopic (exact) mass is 392 g/mol. The molecule has 2 amide bonds. The predicted molar refractivity (Wildman–Crippen MR) is 92.4 cm³/mol. The minimum absolute atomic E-state index is 0.0855. The van der Waals surface area contributed by atoms with Crippen LogP contribution in [0.1, 0.15) is 50.6 Å². The molecule has 9 heteroatoms. The summed E-state index contributed by atoms with van der Waals surface area (Å²) in [5.41, 5.74) is -0.910. The third kappa shape index (κ3) is 3.36. The fourth-order valence-corrected chi connectivity index (χ4v) is 2.85. The van der Waals surface area contributed by atoms with Crippen molar-refractivity contribution in [2.75, 3.05) is 7.11 Å². The lowest BCUT2D eigenvalue weighted by Crippen LogP contribution is -2.23. The van der Waals surface area contributed by atoms with Gasteiger partial charge in [-0.15, -0.1) is 0 Å². The van der Waals surface area contributed by atoms with Crippen molar-refractivity contribution in [3.05, 3.63) is 64.5 Å². The molecule has 1 N–H and O–H groups in total. The van der Waals surface area contributed by atoms with Crippen LogP contribution in [0, 0.1) is 0 Å². The van der Waals surface area contributed by atoms with Crippen LogP contribution in [-0.2, 0) is 6.18 Å². The van der Waals surface area contributed by atoms with E-state index in [0.29, 0.717) is 0 Å². The van der Waals surface area contributed by atoms with Gasteiger partial charge >= 0.3 is 6.18 Å². The molecule has 1 aromatic carbocycles. The summed E-state index contributed by atoms with van der Waals surface area (Å²) in [6.07, 6.45) is -3.75. The molecule has 1 aromatic heterocycles. The first-order chi connectivity index (χ1) is 13.1. The first kappa shape index (κ1) is 19.6. The van der Waals surface area contributed by atoms with Gasteiger partial charge in [-0.25, -0.2) is 9.88 Å². The third-order valence-corrected chi connectivity index (χ3v) is 4.17. The average Bonchev–Trinajstić information content (AvgIpc) is 2.89. The van der Waals surface area contributed by atoms with Gasteiger partial charge in [-0.2, -0.15) is 13.2 Å². The van der Waals surface area contributed by atoms with Crippen LogP contribution in [0.25, 0.3) is 6.08 Å². The van der Waals surface area contributed by atoms with Crippen molar-refractivity contribution in [2.45, 2.75) is 19.2 Å². The van der Waals surface area contributed by atoms with Crippen LogP contribution in [-0.4, -0.2) is 33.9 Å². The lowest BCUT2D eigenvalue weighted by atomic mass is 10.1. The topological polar surface area (TPSA) is 79.7 Å². The van der Waals surface area contributed by atoms with Gasteiger partial charge in [0.2, 0.25) is 5.88 Å². The highest BCUT2D eigenvalue weighted by Crippen LogP contribution is 2.37. The van der Waals surface area contributed by atoms with Gasteiger partial charge < -0.3 is 9.84 Å². The number of halogens is 3. The van der Waals surface area contributed by atoms with E-state index >= 15 is 0 Å². The molecule has 0 aliphatic carbocycles. The number of aliphatic hydroxyl groups is 1. The fraction of sp³-hybridized carbons (Fsp3) is 0.211. The van der Waals surface area contributed by atoms with E-state index in [1.807, 2.05) is 0 Å². The number of rotatable bonds is 4. The molecule has 0 radical (unpaired) electrons. The van der Waals surface area contributed by atoms with E-state index in [1.54, 1.807) is 12.1 Å². The number of aliphatic hydroxyl groups excluding tert-OH is 1. The van der Waals surface area contributed by atoms with Crippen molar-refractivity contribution in [3.8, 4) is 5.88 Å². The fourth-order valence-electron chi connectivity index (χ4n) is 2.85. The quantitative estimate of drug-likeness (QED) is 0.807. The standard InChI is InChI=1S/C19H15F3N2O4/c1-10(25)15-11(9-14(19(20,21)22)16(23-15)28-2)7-8-24-17(26)12-5-3-4-6-13(12)18(24)27/h3-10,25H,1-2H3/t10-/m1/s1. The molecular formula is C19H15F3N2O4.